The van der Waals surface area contributed by atoms with Crippen molar-refractivity contribution in [2.24, 2.45) is 23.7 Å². The Balaban J connectivity index is 1.59. The molecule has 0 N–H and O–H groups in total. The minimum Gasteiger partial charge on any atom is -0.192 e. The highest BCUT2D eigenvalue weighted by Crippen LogP contribution is 3.07. The monoisotopic (exact) mass is 560 g/mol. The Morgan fingerprint density at radius 1 is 0.500 bits per heavy atom. The van der Waals surface area contributed by atoms with Crippen molar-refractivity contribution >= 4 is 0 Å². The van der Waals surface area contributed by atoms with E-state index < -0.39 is 21.7 Å². The number of allylic oxidation sites excluding steroid dienone is 4. The van der Waals surface area contributed by atoms with Crippen LogP contribution in [0.5, 0.6) is 0 Å². The van der Waals surface area contributed by atoms with Crippen molar-refractivity contribution < 1.29 is 0 Å². The summed E-state index contributed by atoms with van der Waals surface area (Å²) in [7, 11) is 0. The van der Waals surface area contributed by atoms with Crippen molar-refractivity contribution in [2.75, 3.05) is 0 Å². The van der Waals surface area contributed by atoms with Crippen LogP contribution in [0.3, 0.4) is 0 Å². The molecule has 0 aromatic heterocycles. The lowest BCUT2D eigenvalue weighted by molar-refractivity contribution is -0.267. The quantitative estimate of drug-likeness (QED) is 0.252. The van der Waals surface area contributed by atoms with Crippen molar-refractivity contribution in [3.8, 4) is 24.3 Å². The SMILES string of the molecule is N#CC(C#N)=C1C2C3C(=C(C#N)C#N)C4(c5ccccc5)C2C2(c5ccccc5)C1C3(c1ccccc1)C42c1ccccc1. The molecule has 4 nitrogen and oxygen atoms in total. The molecule has 6 aliphatic carbocycles. The van der Waals surface area contributed by atoms with Gasteiger partial charge in [-0.05, 0) is 45.2 Å². The third-order valence-corrected chi connectivity index (χ3v) is 12.3. The fraction of sp³-hybridized carbons (Fsp3) is 0.200. The zero-order valence-corrected chi connectivity index (χ0v) is 23.6. The zero-order chi connectivity index (χ0) is 29.9. The van der Waals surface area contributed by atoms with E-state index in [2.05, 4.69) is 121 Å². The Kier molecular flexibility index (Phi) is 4.54. The van der Waals surface area contributed by atoms with Gasteiger partial charge < -0.3 is 0 Å². The van der Waals surface area contributed by atoms with Crippen LogP contribution in [0.2, 0.25) is 0 Å². The van der Waals surface area contributed by atoms with Gasteiger partial charge in [-0.25, -0.2) is 0 Å². The zero-order valence-electron chi connectivity index (χ0n) is 23.6. The second-order valence-corrected chi connectivity index (χ2v) is 12.7. The van der Waals surface area contributed by atoms with E-state index >= 15 is 0 Å². The van der Waals surface area contributed by atoms with Crippen LogP contribution >= 0.6 is 0 Å². The van der Waals surface area contributed by atoms with Crippen molar-refractivity contribution in [3.63, 3.8) is 0 Å². The molecule has 204 valence electrons. The van der Waals surface area contributed by atoms with Gasteiger partial charge in [0.05, 0.1) is 0 Å². The lowest BCUT2D eigenvalue weighted by Crippen LogP contribution is -2.94. The average Bonchev–Trinajstić information content (AvgIpc) is 3.60. The minimum absolute atomic E-state index is 0.0287. The summed E-state index contributed by atoms with van der Waals surface area (Å²) in [4.78, 5) is 0. The van der Waals surface area contributed by atoms with Gasteiger partial charge in [0.15, 0.2) is 0 Å². The van der Waals surface area contributed by atoms with Crippen LogP contribution in [-0.2, 0) is 21.7 Å². The van der Waals surface area contributed by atoms with E-state index in [0.717, 1.165) is 22.3 Å². The molecule has 4 aromatic rings. The fourth-order valence-electron chi connectivity index (χ4n) is 12.3. The Morgan fingerprint density at radius 3 is 1.41 bits per heavy atom. The first kappa shape index (κ1) is 24.9. The van der Waals surface area contributed by atoms with E-state index in [9.17, 15) is 21.0 Å². The Bertz CT molecular complexity index is 2110. The number of benzene rings is 4. The van der Waals surface area contributed by atoms with E-state index in [1.807, 2.05) is 24.3 Å². The highest BCUT2D eigenvalue weighted by molar-refractivity contribution is 5.88. The molecular weight excluding hydrogens is 536 g/mol. The maximum atomic E-state index is 10.6. The Hall–Kier alpha value is -5.68. The van der Waals surface area contributed by atoms with Gasteiger partial charge in [0.1, 0.15) is 35.4 Å². The van der Waals surface area contributed by atoms with Crippen molar-refractivity contribution in [3.05, 3.63) is 166 Å². The molecule has 0 heterocycles. The number of nitriles is 4. The predicted molar refractivity (Wildman–Crippen MR) is 163 cm³/mol. The van der Waals surface area contributed by atoms with E-state index in [1.54, 1.807) is 0 Å². The van der Waals surface area contributed by atoms with Gasteiger partial charge in [-0.1, -0.05) is 121 Å². The highest BCUT2D eigenvalue weighted by Gasteiger charge is 3.10. The van der Waals surface area contributed by atoms with Crippen LogP contribution in [0.1, 0.15) is 22.3 Å². The van der Waals surface area contributed by atoms with Gasteiger partial charge in [0.2, 0.25) is 0 Å². The summed E-state index contributed by atoms with van der Waals surface area (Å²) in [6, 6.07) is 51.6. The summed E-state index contributed by atoms with van der Waals surface area (Å²) >= 11 is 0. The summed E-state index contributed by atoms with van der Waals surface area (Å²) < 4.78 is 0. The highest BCUT2D eigenvalue weighted by atomic mass is 15.1. The lowest BCUT2D eigenvalue weighted by Gasteiger charge is -2.88. The number of hydrogen-bond acceptors (Lipinski definition) is 4. The largest absolute Gasteiger partial charge is 0.192 e. The first-order valence-corrected chi connectivity index (χ1v) is 15.0. The molecule has 8 unspecified atom stereocenters. The second kappa shape index (κ2) is 8.03. The minimum atomic E-state index is -0.689. The average molecular weight is 561 g/mol. The van der Waals surface area contributed by atoms with Crippen molar-refractivity contribution in [1.29, 1.82) is 21.0 Å². The van der Waals surface area contributed by atoms with Gasteiger partial charge in [0, 0.05) is 33.5 Å². The lowest BCUT2D eigenvalue weighted by atomic mass is 9.12. The topological polar surface area (TPSA) is 95.2 Å². The molecular formula is C40H24N4. The number of rotatable bonds is 4. The molecule has 6 fully saturated rings. The van der Waals surface area contributed by atoms with Crippen LogP contribution in [0.15, 0.2) is 144 Å². The molecule has 44 heavy (non-hydrogen) atoms. The van der Waals surface area contributed by atoms with Gasteiger partial charge in [-0.2, -0.15) is 21.0 Å². The molecule has 0 radical (unpaired) electrons. The molecule has 8 atom stereocenters. The van der Waals surface area contributed by atoms with Crippen LogP contribution in [0.4, 0.5) is 0 Å². The van der Waals surface area contributed by atoms with Gasteiger partial charge >= 0.3 is 0 Å². The van der Waals surface area contributed by atoms with E-state index in [0.29, 0.717) is 0 Å². The molecule has 0 spiro atoms. The molecule has 0 aliphatic heterocycles. The normalized spacial score (nSPS) is 35.5. The van der Waals surface area contributed by atoms with Crippen LogP contribution in [-0.4, -0.2) is 0 Å². The fourth-order valence-corrected chi connectivity index (χ4v) is 12.3. The van der Waals surface area contributed by atoms with Crippen LogP contribution in [0, 0.1) is 69.0 Å². The summed E-state index contributed by atoms with van der Waals surface area (Å²) in [5.41, 5.74) is 4.49. The summed E-state index contributed by atoms with van der Waals surface area (Å²) in [6.07, 6.45) is 0. The first-order chi connectivity index (χ1) is 21.7. The predicted octanol–water partition coefficient (Wildman–Crippen LogP) is 6.96. The molecule has 0 saturated heterocycles. The standard InChI is InChI=1S/C40H24N4/c41-21-25(22-42)31-32-34-33(26(23-43)24-44)37(27-13-5-1-6-14-27)36(32)39(29-17-9-3-10-18-29)35(31)38(34,28-15-7-2-8-16-28)40(37,39)30-19-11-4-12-20-30/h1-20,32,34-36H. The van der Waals surface area contributed by atoms with Crippen LogP contribution in [0.25, 0.3) is 0 Å². The maximum absolute atomic E-state index is 10.6. The van der Waals surface area contributed by atoms with Crippen molar-refractivity contribution in [2.45, 2.75) is 21.7 Å². The second-order valence-electron chi connectivity index (χ2n) is 12.7. The van der Waals surface area contributed by atoms with Crippen molar-refractivity contribution in [1.82, 2.24) is 0 Å². The summed E-state index contributed by atoms with van der Waals surface area (Å²) in [5.74, 6) is -0.514. The molecule has 6 aliphatic rings. The van der Waals surface area contributed by atoms with Gasteiger partial charge in [-0.15, -0.1) is 0 Å². The molecule has 0 amide bonds. The third-order valence-electron chi connectivity index (χ3n) is 12.3. The first-order valence-electron chi connectivity index (χ1n) is 15.0. The molecule has 4 heteroatoms. The van der Waals surface area contributed by atoms with Gasteiger partial charge in [0.25, 0.3) is 0 Å². The van der Waals surface area contributed by atoms with E-state index in [4.69, 9.17) is 0 Å². The molecule has 4 bridgehead atoms. The number of hydrogen-bond donors (Lipinski definition) is 0. The molecule has 4 aromatic carbocycles. The summed E-state index contributed by atoms with van der Waals surface area (Å²) in [5, 5.41) is 42.1. The molecule has 6 saturated carbocycles. The third kappa shape index (κ3) is 2.03. The van der Waals surface area contributed by atoms with Gasteiger partial charge in [-0.3, -0.25) is 0 Å². The Morgan fingerprint density at radius 2 is 0.932 bits per heavy atom. The number of nitrogens with zero attached hydrogens (tertiary/aromatic N) is 4. The van der Waals surface area contributed by atoms with E-state index in [1.165, 1.54) is 11.1 Å². The smallest absolute Gasteiger partial charge is 0.130 e. The maximum Gasteiger partial charge on any atom is 0.130 e. The summed E-state index contributed by atoms with van der Waals surface area (Å²) in [6.45, 7) is 0. The molecule has 10 rings (SSSR count). The Labute approximate surface area is 256 Å². The van der Waals surface area contributed by atoms with Crippen LogP contribution < -0.4 is 0 Å². The van der Waals surface area contributed by atoms with E-state index in [-0.39, 0.29) is 34.8 Å².